The Morgan fingerprint density at radius 2 is 2.05 bits per heavy atom. The van der Waals surface area contributed by atoms with E-state index >= 15 is 0 Å². The van der Waals surface area contributed by atoms with Gasteiger partial charge in [0.25, 0.3) is 0 Å². The van der Waals surface area contributed by atoms with E-state index in [9.17, 15) is 27.7 Å². The van der Waals surface area contributed by atoms with Crippen molar-refractivity contribution in [3.8, 4) is 0 Å². The summed E-state index contributed by atoms with van der Waals surface area (Å²) in [6, 6.07) is 1.85. The Morgan fingerprint density at radius 3 is 2.47 bits per heavy atom. The van der Waals surface area contributed by atoms with Gasteiger partial charge in [0.2, 0.25) is 5.91 Å². The first-order valence-electron chi connectivity index (χ1n) is 4.72. The van der Waals surface area contributed by atoms with Gasteiger partial charge >= 0.3 is 12.3 Å². The van der Waals surface area contributed by atoms with Crippen LogP contribution in [0.3, 0.4) is 0 Å². The van der Waals surface area contributed by atoms with Crippen LogP contribution in [-0.4, -0.2) is 18.6 Å². The summed E-state index contributed by atoms with van der Waals surface area (Å²) >= 11 is 0.310. The van der Waals surface area contributed by atoms with E-state index in [1.807, 2.05) is 5.18 Å². The molecule has 6 nitrogen and oxygen atoms in total. The maximum Gasteiger partial charge on any atom is 0.470 e. The molecule has 0 aliphatic heterocycles. The average molecular weight is 296 g/mol. The molecule has 0 saturated carbocycles. The Labute approximate surface area is 108 Å². The molecule has 0 aliphatic rings. The van der Waals surface area contributed by atoms with Crippen LogP contribution in [0.4, 0.5) is 18.0 Å². The number of halogens is 3. The molecule has 0 bridgehead atoms. The average Bonchev–Trinajstić information content (AvgIpc) is 2.77. The molecule has 1 atom stereocenters. The lowest BCUT2D eigenvalue weighted by Crippen LogP contribution is -2.25. The molecule has 0 fully saturated rings. The molecule has 0 radical (unpaired) electrons. The lowest BCUT2D eigenvalue weighted by atomic mass is 10.1. The maximum atomic E-state index is 12.4. The highest BCUT2D eigenvalue weighted by molar-refractivity contribution is 7.12. The number of carbonyl (C=O) groups excluding carboxylic acids is 2. The van der Waals surface area contributed by atoms with E-state index in [4.69, 9.17) is 5.73 Å². The first kappa shape index (κ1) is 15.1. The number of primary amides is 1. The minimum atomic E-state index is -4.54. The summed E-state index contributed by atoms with van der Waals surface area (Å²) in [7, 11) is 0. The first-order valence-corrected chi connectivity index (χ1v) is 5.53. The van der Waals surface area contributed by atoms with Crippen molar-refractivity contribution in [3.05, 3.63) is 26.8 Å². The van der Waals surface area contributed by atoms with Crippen molar-refractivity contribution in [2.45, 2.75) is 12.1 Å². The van der Waals surface area contributed by atoms with E-state index < -0.39 is 35.6 Å². The van der Waals surface area contributed by atoms with Crippen molar-refractivity contribution < 1.29 is 27.5 Å². The fourth-order valence-corrected chi connectivity index (χ4v) is 2.15. The molecule has 0 aliphatic carbocycles. The number of nitrogens with two attached hydrogens (primary N) is 1. The highest BCUT2D eigenvalue weighted by atomic mass is 32.1. The third kappa shape index (κ3) is 4.02. The smallest absolute Gasteiger partial charge is 0.445 e. The highest BCUT2D eigenvalue weighted by Crippen LogP contribution is 2.37. The van der Waals surface area contributed by atoms with Crippen LogP contribution in [0.5, 0.6) is 0 Å². The molecule has 2 amide bonds. The van der Waals surface area contributed by atoms with Crippen LogP contribution >= 0.6 is 11.3 Å². The van der Waals surface area contributed by atoms with Crippen molar-refractivity contribution in [1.82, 2.24) is 0 Å². The van der Waals surface area contributed by atoms with E-state index in [0.717, 1.165) is 12.1 Å². The fraction of sp³-hybridized carbons (Fsp3) is 0.333. The largest absolute Gasteiger partial charge is 0.470 e. The lowest BCUT2D eigenvalue weighted by Gasteiger charge is -2.10. The van der Waals surface area contributed by atoms with Gasteiger partial charge in [0.15, 0.2) is 0 Å². The summed E-state index contributed by atoms with van der Waals surface area (Å²) in [6.07, 6.45) is -6.01. The Morgan fingerprint density at radius 1 is 1.42 bits per heavy atom. The van der Waals surface area contributed by atoms with Crippen molar-refractivity contribution in [1.29, 1.82) is 0 Å². The summed E-state index contributed by atoms with van der Waals surface area (Å²) in [5, 5.41) is 1.92. The molecule has 104 valence electrons. The number of hydrogen-bond acceptors (Lipinski definition) is 5. The van der Waals surface area contributed by atoms with Gasteiger partial charge in [-0.25, -0.2) is 4.79 Å². The van der Waals surface area contributed by atoms with Crippen LogP contribution in [0.15, 0.2) is 17.3 Å². The van der Waals surface area contributed by atoms with E-state index in [0.29, 0.717) is 11.3 Å². The van der Waals surface area contributed by atoms with E-state index in [1.165, 1.54) is 0 Å². The summed E-state index contributed by atoms with van der Waals surface area (Å²) in [5.41, 5.74) is 5.00. The molecule has 1 rings (SSSR count). The van der Waals surface area contributed by atoms with Gasteiger partial charge in [-0.2, -0.15) is 13.2 Å². The van der Waals surface area contributed by atoms with Crippen molar-refractivity contribution in [2.24, 2.45) is 10.9 Å². The number of hydrogen-bond donors (Lipinski definition) is 1. The molecule has 1 unspecified atom stereocenters. The van der Waals surface area contributed by atoms with Gasteiger partial charge in [0.1, 0.15) is 17.4 Å². The molecule has 19 heavy (non-hydrogen) atoms. The molecule has 10 heteroatoms. The van der Waals surface area contributed by atoms with E-state index in [2.05, 4.69) is 4.74 Å². The minimum Gasteiger partial charge on any atom is -0.445 e. The molecule has 1 aromatic rings. The van der Waals surface area contributed by atoms with E-state index in [1.54, 1.807) is 0 Å². The van der Waals surface area contributed by atoms with Crippen LogP contribution in [0.1, 0.15) is 15.7 Å². The SMILES string of the molecule is NC(=O)C(COC(=O)N=O)c1ccc(C(F)(F)F)s1. The van der Waals surface area contributed by atoms with Gasteiger partial charge in [-0.05, 0) is 12.1 Å². The van der Waals surface area contributed by atoms with Crippen LogP contribution in [0.25, 0.3) is 0 Å². The molecular formula is C9H7F3N2O4S. The summed E-state index contributed by atoms with van der Waals surface area (Å²) in [6.45, 7) is -0.641. The molecule has 1 aromatic heterocycles. The first-order chi connectivity index (χ1) is 8.75. The quantitative estimate of drug-likeness (QED) is 0.861. The molecule has 1 heterocycles. The zero-order chi connectivity index (χ0) is 14.6. The Hall–Kier alpha value is -1.97. The van der Waals surface area contributed by atoms with E-state index in [-0.39, 0.29) is 4.88 Å². The molecule has 0 aromatic carbocycles. The van der Waals surface area contributed by atoms with Crippen LogP contribution in [-0.2, 0) is 15.7 Å². The number of nitrogens with zero attached hydrogens (tertiary/aromatic N) is 1. The Balaban J connectivity index is 2.88. The topological polar surface area (TPSA) is 98.8 Å². The monoisotopic (exact) mass is 296 g/mol. The third-order valence-corrected chi connectivity index (χ3v) is 3.28. The van der Waals surface area contributed by atoms with Crippen LogP contribution < -0.4 is 5.73 Å². The van der Waals surface area contributed by atoms with Gasteiger partial charge in [-0.15, -0.1) is 16.2 Å². The second-order valence-electron chi connectivity index (χ2n) is 3.32. The summed E-state index contributed by atoms with van der Waals surface area (Å²) in [4.78, 5) is 30.5. The lowest BCUT2D eigenvalue weighted by molar-refractivity contribution is -0.134. The normalized spacial score (nSPS) is 12.8. The third-order valence-electron chi connectivity index (χ3n) is 2.04. The van der Waals surface area contributed by atoms with Gasteiger partial charge in [-0.1, -0.05) is 0 Å². The molecule has 0 saturated heterocycles. The second kappa shape index (κ2) is 5.78. The number of rotatable bonds is 4. The summed E-state index contributed by atoms with van der Waals surface area (Å²) in [5.74, 6) is -2.24. The van der Waals surface area contributed by atoms with Crippen molar-refractivity contribution in [3.63, 3.8) is 0 Å². The minimum absolute atomic E-state index is 0.0153. The van der Waals surface area contributed by atoms with Crippen LogP contribution in [0.2, 0.25) is 0 Å². The zero-order valence-corrected chi connectivity index (χ0v) is 9.96. The number of thiophene rings is 1. The molecular weight excluding hydrogens is 289 g/mol. The maximum absolute atomic E-state index is 12.4. The second-order valence-corrected chi connectivity index (χ2v) is 4.44. The predicted molar refractivity (Wildman–Crippen MR) is 58.4 cm³/mol. The standard InChI is InChI=1S/C9H7F3N2O4S/c10-9(11,12)6-2-1-5(19-6)4(7(13)15)3-18-8(16)14-17/h1-2,4H,3H2,(H2,13,15). The zero-order valence-electron chi connectivity index (χ0n) is 9.14. The van der Waals surface area contributed by atoms with Crippen LogP contribution in [0, 0.1) is 4.91 Å². The fourth-order valence-electron chi connectivity index (χ4n) is 1.18. The van der Waals surface area contributed by atoms with Gasteiger partial charge in [0, 0.05) is 4.88 Å². The number of amides is 2. The summed E-state index contributed by atoms with van der Waals surface area (Å²) < 4.78 is 41.4. The Bertz CT molecular complexity index is 500. The van der Waals surface area contributed by atoms with Crippen molar-refractivity contribution >= 4 is 23.3 Å². The van der Waals surface area contributed by atoms with Crippen molar-refractivity contribution in [2.75, 3.05) is 6.61 Å². The Kier molecular flexibility index (Phi) is 4.59. The van der Waals surface area contributed by atoms with Gasteiger partial charge < -0.3 is 10.5 Å². The highest BCUT2D eigenvalue weighted by Gasteiger charge is 2.34. The number of ether oxygens (including phenoxy) is 1. The molecule has 2 N–H and O–H groups in total. The van der Waals surface area contributed by atoms with Gasteiger partial charge in [0.05, 0.1) is 5.18 Å². The predicted octanol–water partition coefficient (Wildman–Crippen LogP) is 2.24. The number of carbonyl (C=O) groups is 2. The number of nitroso groups, excluding NO2 is 1. The van der Waals surface area contributed by atoms with Gasteiger partial charge in [-0.3, -0.25) is 4.79 Å². The number of alkyl halides is 3. The molecule has 0 spiro atoms.